The van der Waals surface area contributed by atoms with Gasteiger partial charge in [-0.3, -0.25) is 0 Å². The van der Waals surface area contributed by atoms with Crippen molar-refractivity contribution >= 4 is 0 Å². The molecule has 2 fully saturated rings. The Morgan fingerprint density at radius 1 is 1.33 bits per heavy atom. The summed E-state index contributed by atoms with van der Waals surface area (Å²) in [6.45, 7) is 4.57. The maximum absolute atomic E-state index is 5.81. The lowest BCUT2D eigenvalue weighted by Crippen LogP contribution is -2.34. The van der Waals surface area contributed by atoms with E-state index in [2.05, 4.69) is 22.4 Å². The molecular weight excluding hydrogens is 266 g/mol. The molecule has 0 amide bonds. The summed E-state index contributed by atoms with van der Waals surface area (Å²) in [4.78, 5) is 4.64. The third-order valence-corrected chi connectivity index (χ3v) is 5.28. The van der Waals surface area contributed by atoms with Crippen molar-refractivity contribution in [2.75, 3.05) is 20.2 Å². The molecule has 3 rings (SSSR count). The Hall–Kier alpha value is -0.940. The van der Waals surface area contributed by atoms with E-state index in [1.165, 1.54) is 19.3 Å². The second kappa shape index (κ2) is 6.44. The predicted octanol–water partition coefficient (Wildman–Crippen LogP) is 2.66. The highest BCUT2D eigenvalue weighted by atomic mass is 16.5. The van der Waals surface area contributed by atoms with Crippen LogP contribution in [0, 0.1) is 11.8 Å². The van der Waals surface area contributed by atoms with E-state index in [4.69, 9.17) is 9.26 Å². The molecule has 1 saturated carbocycles. The van der Waals surface area contributed by atoms with E-state index >= 15 is 0 Å². The molecule has 1 saturated heterocycles. The molecule has 1 aromatic rings. The molecule has 1 aromatic heterocycles. The van der Waals surface area contributed by atoms with Crippen LogP contribution >= 0.6 is 0 Å². The van der Waals surface area contributed by atoms with Crippen molar-refractivity contribution in [3.8, 4) is 0 Å². The van der Waals surface area contributed by atoms with Gasteiger partial charge in [-0.05, 0) is 63.5 Å². The standard InChI is InChI=1S/C16H27N3O2/c1-12-5-8-16(20-2,9-6-12)15-18-14(21-19-15)4-3-13-7-10-17-11-13/h12-13,17H,3-11H2,1-2H3. The molecular formula is C16H27N3O2. The average Bonchev–Trinajstić information content (AvgIpc) is 3.18. The number of rotatable bonds is 5. The zero-order chi connectivity index (χ0) is 14.7. The van der Waals surface area contributed by atoms with Crippen molar-refractivity contribution in [3.05, 3.63) is 11.7 Å². The van der Waals surface area contributed by atoms with Crippen LogP contribution in [0.1, 0.15) is 57.2 Å². The van der Waals surface area contributed by atoms with Gasteiger partial charge < -0.3 is 14.6 Å². The maximum atomic E-state index is 5.81. The number of aryl methyl sites for hydroxylation is 1. The SMILES string of the molecule is COC1(c2noc(CCC3CCNC3)n2)CCC(C)CC1. The average molecular weight is 293 g/mol. The lowest BCUT2D eigenvalue weighted by molar-refractivity contribution is -0.0609. The molecule has 5 nitrogen and oxygen atoms in total. The number of nitrogens with zero attached hydrogens (tertiary/aromatic N) is 2. The minimum Gasteiger partial charge on any atom is -0.370 e. The van der Waals surface area contributed by atoms with Crippen LogP contribution in [-0.2, 0) is 16.8 Å². The van der Waals surface area contributed by atoms with Gasteiger partial charge in [-0.1, -0.05) is 12.1 Å². The summed E-state index contributed by atoms with van der Waals surface area (Å²) < 4.78 is 11.3. The zero-order valence-corrected chi connectivity index (χ0v) is 13.2. The van der Waals surface area contributed by atoms with E-state index in [0.717, 1.165) is 62.3 Å². The fourth-order valence-corrected chi connectivity index (χ4v) is 3.58. The number of hydrogen-bond acceptors (Lipinski definition) is 5. The number of aromatic nitrogens is 2. The summed E-state index contributed by atoms with van der Waals surface area (Å²) in [6.07, 6.45) is 7.62. The first kappa shape index (κ1) is 15.0. The van der Waals surface area contributed by atoms with E-state index in [9.17, 15) is 0 Å². The first-order valence-corrected chi connectivity index (χ1v) is 8.31. The summed E-state index contributed by atoms with van der Waals surface area (Å²) in [5, 5.41) is 7.62. The molecule has 2 aliphatic rings. The van der Waals surface area contributed by atoms with E-state index in [-0.39, 0.29) is 5.60 Å². The minimum absolute atomic E-state index is 0.316. The first-order chi connectivity index (χ1) is 10.2. The topological polar surface area (TPSA) is 60.2 Å². The predicted molar refractivity (Wildman–Crippen MR) is 79.9 cm³/mol. The molecule has 1 N–H and O–H groups in total. The van der Waals surface area contributed by atoms with Crippen molar-refractivity contribution in [1.29, 1.82) is 0 Å². The highest BCUT2D eigenvalue weighted by Crippen LogP contribution is 2.40. The second-order valence-corrected chi connectivity index (χ2v) is 6.79. The lowest BCUT2D eigenvalue weighted by Gasteiger charge is -2.35. The molecule has 0 aromatic carbocycles. The largest absolute Gasteiger partial charge is 0.370 e. The molecule has 0 radical (unpaired) electrons. The summed E-state index contributed by atoms with van der Waals surface area (Å²) in [7, 11) is 1.77. The van der Waals surface area contributed by atoms with Crippen molar-refractivity contribution in [3.63, 3.8) is 0 Å². The summed E-state index contributed by atoms with van der Waals surface area (Å²) in [6, 6.07) is 0. The molecule has 21 heavy (non-hydrogen) atoms. The fraction of sp³-hybridized carbons (Fsp3) is 0.875. The van der Waals surface area contributed by atoms with Gasteiger partial charge >= 0.3 is 0 Å². The smallest absolute Gasteiger partial charge is 0.226 e. The highest BCUT2D eigenvalue weighted by molar-refractivity contribution is 5.04. The monoisotopic (exact) mass is 293 g/mol. The molecule has 0 spiro atoms. The molecule has 118 valence electrons. The van der Waals surface area contributed by atoms with Crippen LogP contribution in [0.2, 0.25) is 0 Å². The van der Waals surface area contributed by atoms with Gasteiger partial charge in [-0.25, -0.2) is 0 Å². The number of ether oxygens (including phenoxy) is 1. The molecule has 1 aliphatic carbocycles. The molecule has 1 aliphatic heterocycles. The van der Waals surface area contributed by atoms with Crippen LogP contribution in [0.3, 0.4) is 0 Å². The molecule has 2 heterocycles. The van der Waals surface area contributed by atoms with E-state index in [1.54, 1.807) is 7.11 Å². The maximum Gasteiger partial charge on any atom is 0.226 e. The zero-order valence-electron chi connectivity index (χ0n) is 13.2. The van der Waals surface area contributed by atoms with E-state index in [0.29, 0.717) is 0 Å². The second-order valence-electron chi connectivity index (χ2n) is 6.79. The van der Waals surface area contributed by atoms with Gasteiger partial charge in [0.25, 0.3) is 0 Å². The Morgan fingerprint density at radius 3 is 2.81 bits per heavy atom. The number of nitrogens with one attached hydrogen (secondary N) is 1. The Bertz CT molecular complexity index is 446. The molecule has 5 heteroatoms. The lowest BCUT2D eigenvalue weighted by atomic mass is 9.79. The normalized spacial score (nSPS) is 33.4. The molecule has 0 bridgehead atoms. The van der Waals surface area contributed by atoms with Crippen molar-refractivity contribution in [2.24, 2.45) is 11.8 Å². The van der Waals surface area contributed by atoms with Crippen molar-refractivity contribution in [1.82, 2.24) is 15.5 Å². The van der Waals surface area contributed by atoms with Gasteiger partial charge in [0, 0.05) is 13.5 Å². The highest BCUT2D eigenvalue weighted by Gasteiger charge is 2.40. The quantitative estimate of drug-likeness (QED) is 0.904. The van der Waals surface area contributed by atoms with Gasteiger partial charge in [-0.2, -0.15) is 4.98 Å². The van der Waals surface area contributed by atoms with Crippen LogP contribution in [-0.4, -0.2) is 30.3 Å². The first-order valence-electron chi connectivity index (χ1n) is 8.31. The van der Waals surface area contributed by atoms with Crippen molar-refractivity contribution in [2.45, 2.75) is 57.5 Å². The Morgan fingerprint density at radius 2 is 2.14 bits per heavy atom. The Balaban J connectivity index is 1.62. The number of methoxy groups -OCH3 is 1. The summed E-state index contributed by atoms with van der Waals surface area (Å²) >= 11 is 0. The van der Waals surface area contributed by atoms with Gasteiger partial charge in [0.05, 0.1) is 0 Å². The van der Waals surface area contributed by atoms with Crippen molar-refractivity contribution < 1.29 is 9.26 Å². The summed E-state index contributed by atoms with van der Waals surface area (Å²) in [5.41, 5.74) is -0.316. The van der Waals surface area contributed by atoms with Crippen LogP contribution in [0.15, 0.2) is 4.52 Å². The van der Waals surface area contributed by atoms with Gasteiger partial charge in [-0.15, -0.1) is 0 Å². The van der Waals surface area contributed by atoms with Gasteiger partial charge in [0.2, 0.25) is 11.7 Å². The minimum atomic E-state index is -0.316. The third-order valence-electron chi connectivity index (χ3n) is 5.28. The van der Waals surface area contributed by atoms with Crippen LogP contribution in [0.5, 0.6) is 0 Å². The Labute approximate surface area is 126 Å². The van der Waals surface area contributed by atoms with Crippen LogP contribution < -0.4 is 5.32 Å². The van der Waals surface area contributed by atoms with Crippen LogP contribution in [0.25, 0.3) is 0 Å². The van der Waals surface area contributed by atoms with E-state index < -0.39 is 0 Å². The van der Waals surface area contributed by atoms with Gasteiger partial charge in [0.1, 0.15) is 5.60 Å². The summed E-state index contributed by atoms with van der Waals surface area (Å²) in [5.74, 6) is 3.06. The van der Waals surface area contributed by atoms with Gasteiger partial charge in [0.15, 0.2) is 0 Å². The third kappa shape index (κ3) is 3.29. The molecule has 1 unspecified atom stereocenters. The van der Waals surface area contributed by atoms with Crippen LogP contribution in [0.4, 0.5) is 0 Å². The van der Waals surface area contributed by atoms with E-state index in [1.807, 2.05) is 0 Å². The fourth-order valence-electron chi connectivity index (χ4n) is 3.58. The Kier molecular flexibility index (Phi) is 4.60. The molecule has 1 atom stereocenters. The number of hydrogen-bond donors (Lipinski definition) is 1.